The van der Waals surface area contributed by atoms with Crippen LogP contribution in [0.25, 0.3) is 0 Å². The Hall–Kier alpha value is -4.50. The molecule has 220 valence electrons. The molecular weight excluding hydrogens is 530 g/mol. The van der Waals surface area contributed by atoms with Gasteiger partial charge in [-0.15, -0.1) is 0 Å². The number of nitrogens with two attached hydrogens (primary N) is 1. The van der Waals surface area contributed by atoms with Crippen LogP contribution in [0.15, 0.2) is 84.9 Å². The monoisotopic (exact) mass is 569 g/mol. The third-order valence-corrected chi connectivity index (χ3v) is 7.14. The maximum Gasteiger partial charge on any atom is 0.408 e. The summed E-state index contributed by atoms with van der Waals surface area (Å²) in [6.45, 7) is 5.97. The second-order valence-electron chi connectivity index (χ2n) is 11.5. The van der Waals surface area contributed by atoms with E-state index in [0.29, 0.717) is 24.1 Å². The van der Waals surface area contributed by atoms with Gasteiger partial charge in [-0.3, -0.25) is 15.0 Å². The Morgan fingerprint density at radius 3 is 1.93 bits per heavy atom. The number of alkyl carbamates (subject to hydrolysis) is 1. The molecule has 4 rings (SSSR count). The van der Waals surface area contributed by atoms with Gasteiger partial charge in [-0.05, 0) is 56.8 Å². The van der Waals surface area contributed by atoms with E-state index >= 15 is 0 Å². The van der Waals surface area contributed by atoms with E-state index in [2.05, 4.69) is 16.0 Å². The van der Waals surface area contributed by atoms with Crippen molar-refractivity contribution in [1.29, 1.82) is 5.41 Å². The molecular formula is C33H39N5O4. The number of nitrogens with one attached hydrogen (secondary N) is 4. The maximum atomic E-state index is 14.3. The molecule has 2 amide bonds. The number of carbonyl (C=O) groups excluding carboxylic acids is 3. The van der Waals surface area contributed by atoms with Gasteiger partial charge in [0.15, 0.2) is 5.78 Å². The van der Waals surface area contributed by atoms with Gasteiger partial charge in [0.2, 0.25) is 5.91 Å². The standard InChI is InChI=1S/C33H39N5O4/c1-33(2,3)42-32(41)38-28(26(21-11-6-4-7-12-21)22-13-8-5-9-14-22)31(40)37-27(29(39)25-15-10-20-36-25)23-16-18-24(19-17-23)30(34)35/h4-9,11-14,16-19,25-28,36H,10,15,20H2,1-3H3,(H3,34,35)(H,37,40)(H,38,41)/t25-,27?,28+/m0/s1. The van der Waals surface area contributed by atoms with Gasteiger partial charge in [-0.25, -0.2) is 4.79 Å². The van der Waals surface area contributed by atoms with Crippen LogP contribution >= 0.6 is 0 Å². The molecule has 0 aliphatic carbocycles. The highest BCUT2D eigenvalue weighted by molar-refractivity contribution is 5.97. The summed E-state index contributed by atoms with van der Waals surface area (Å²) in [7, 11) is 0. The van der Waals surface area contributed by atoms with Crippen LogP contribution in [-0.4, -0.2) is 47.8 Å². The van der Waals surface area contributed by atoms with Gasteiger partial charge in [0.25, 0.3) is 0 Å². The van der Waals surface area contributed by atoms with Gasteiger partial charge in [-0.2, -0.15) is 0 Å². The van der Waals surface area contributed by atoms with Crippen LogP contribution in [0.4, 0.5) is 4.79 Å². The number of hydrogen-bond donors (Lipinski definition) is 5. The molecule has 0 spiro atoms. The lowest BCUT2D eigenvalue weighted by Gasteiger charge is -2.31. The minimum atomic E-state index is -1.12. The van der Waals surface area contributed by atoms with Gasteiger partial charge in [0.05, 0.1) is 6.04 Å². The highest BCUT2D eigenvalue weighted by Gasteiger charge is 2.38. The predicted molar refractivity (Wildman–Crippen MR) is 162 cm³/mol. The summed E-state index contributed by atoms with van der Waals surface area (Å²) in [4.78, 5) is 41.2. The average Bonchev–Trinajstić information content (AvgIpc) is 3.51. The Bertz CT molecular complexity index is 1340. The Balaban J connectivity index is 1.75. The smallest absolute Gasteiger partial charge is 0.408 e. The molecule has 3 aromatic carbocycles. The quantitative estimate of drug-likeness (QED) is 0.183. The number of rotatable bonds is 10. The fraction of sp³-hybridized carbons (Fsp3) is 0.333. The Kier molecular flexibility index (Phi) is 9.75. The van der Waals surface area contributed by atoms with Crippen molar-refractivity contribution in [1.82, 2.24) is 16.0 Å². The van der Waals surface area contributed by atoms with Crippen LogP contribution in [0.5, 0.6) is 0 Å². The summed E-state index contributed by atoms with van der Waals surface area (Å²) < 4.78 is 5.56. The van der Waals surface area contributed by atoms with Crippen molar-refractivity contribution in [3.05, 3.63) is 107 Å². The van der Waals surface area contributed by atoms with Crippen LogP contribution < -0.4 is 21.7 Å². The number of nitrogen functional groups attached to an aromatic ring is 1. The number of Topliss-reactive ketones (excluding diaryl/α,β-unsaturated/α-hetero) is 1. The highest BCUT2D eigenvalue weighted by Crippen LogP contribution is 2.30. The van der Waals surface area contributed by atoms with Gasteiger partial charge in [0.1, 0.15) is 23.5 Å². The molecule has 1 saturated heterocycles. The first-order valence-electron chi connectivity index (χ1n) is 14.1. The van der Waals surface area contributed by atoms with Crippen molar-refractivity contribution in [2.45, 2.75) is 63.3 Å². The molecule has 9 heteroatoms. The first kappa shape index (κ1) is 30.5. The number of carbonyl (C=O) groups is 3. The Labute approximate surface area is 246 Å². The fourth-order valence-electron chi connectivity index (χ4n) is 5.17. The zero-order chi connectivity index (χ0) is 30.3. The van der Waals surface area contributed by atoms with E-state index in [-0.39, 0.29) is 11.6 Å². The second kappa shape index (κ2) is 13.4. The molecule has 0 saturated carbocycles. The fourth-order valence-corrected chi connectivity index (χ4v) is 5.17. The SMILES string of the molecule is CC(C)(C)OC(=O)N[C@@H](C(=O)NC(C(=O)[C@@H]1CCCN1)c1ccc(C(=N)N)cc1)C(c1ccccc1)c1ccccc1. The Morgan fingerprint density at radius 1 is 0.881 bits per heavy atom. The molecule has 1 aliphatic rings. The predicted octanol–water partition coefficient (Wildman–Crippen LogP) is 4.17. The van der Waals surface area contributed by atoms with Gasteiger partial charge in [0, 0.05) is 11.5 Å². The van der Waals surface area contributed by atoms with E-state index in [1.165, 1.54) is 0 Å². The summed E-state index contributed by atoms with van der Waals surface area (Å²) in [5, 5.41) is 16.7. The average molecular weight is 570 g/mol. The van der Waals surface area contributed by atoms with Crippen LogP contribution in [0.1, 0.15) is 67.8 Å². The van der Waals surface area contributed by atoms with E-state index < -0.39 is 41.6 Å². The van der Waals surface area contributed by atoms with Crippen LogP contribution in [-0.2, 0) is 14.3 Å². The minimum Gasteiger partial charge on any atom is -0.444 e. The molecule has 6 N–H and O–H groups in total. The molecule has 1 unspecified atom stereocenters. The third kappa shape index (κ3) is 7.82. The molecule has 1 aliphatic heterocycles. The molecule has 1 fully saturated rings. The van der Waals surface area contributed by atoms with Gasteiger partial charge < -0.3 is 26.4 Å². The lowest BCUT2D eigenvalue weighted by molar-refractivity contribution is -0.130. The number of benzene rings is 3. The van der Waals surface area contributed by atoms with E-state index in [9.17, 15) is 14.4 Å². The van der Waals surface area contributed by atoms with E-state index in [4.69, 9.17) is 15.9 Å². The number of ether oxygens (including phenoxy) is 1. The summed E-state index contributed by atoms with van der Waals surface area (Å²) in [5.41, 5.74) is 7.54. The summed E-state index contributed by atoms with van der Waals surface area (Å²) >= 11 is 0. The van der Waals surface area contributed by atoms with E-state index in [1.54, 1.807) is 45.0 Å². The molecule has 0 radical (unpaired) electrons. The van der Waals surface area contributed by atoms with Crippen LogP contribution in [0.3, 0.4) is 0 Å². The number of hydrogen-bond acceptors (Lipinski definition) is 6. The largest absolute Gasteiger partial charge is 0.444 e. The first-order valence-corrected chi connectivity index (χ1v) is 14.1. The van der Waals surface area contributed by atoms with Gasteiger partial charge >= 0.3 is 6.09 Å². The molecule has 3 atom stereocenters. The van der Waals surface area contributed by atoms with E-state index in [1.807, 2.05) is 60.7 Å². The van der Waals surface area contributed by atoms with Crippen molar-refractivity contribution in [3.63, 3.8) is 0 Å². The van der Waals surface area contributed by atoms with Crippen LogP contribution in [0, 0.1) is 5.41 Å². The van der Waals surface area contributed by atoms with Crippen molar-refractivity contribution in [2.24, 2.45) is 5.73 Å². The Morgan fingerprint density at radius 2 is 1.45 bits per heavy atom. The number of amidine groups is 1. The minimum absolute atomic E-state index is 0.0962. The molecule has 9 nitrogen and oxygen atoms in total. The van der Waals surface area contributed by atoms with Crippen molar-refractivity contribution < 1.29 is 19.1 Å². The third-order valence-electron chi connectivity index (χ3n) is 7.14. The molecule has 3 aromatic rings. The molecule has 42 heavy (non-hydrogen) atoms. The summed E-state index contributed by atoms with van der Waals surface area (Å²) in [6, 6.07) is 23.0. The van der Waals surface area contributed by atoms with Crippen molar-refractivity contribution in [3.8, 4) is 0 Å². The summed E-state index contributed by atoms with van der Waals surface area (Å²) in [6.07, 6.45) is 0.769. The summed E-state index contributed by atoms with van der Waals surface area (Å²) in [5.74, 6) is -1.39. The van der Waals surface area contributed by atoms with Gasteiger partial charge in [-0.1, -0.05) is 84.9 Å². The lowest BCUT2D eigenvalue weighted by Crippen LogP contribution is -2.53. The highest BCUT2D eigenvalue weighted by atomic mass is 16.6. The molecule has 0 bridgehead atoms. The first-order chi connectivity index (χ1) is 20.0. The van der Waals surface area contributed by atoms with Crippen LogP contribution in [0.2, 0.25) is 0 Å². The molecule has 1 heterocycles. The zero-order valence-corrected chi connectivity index (χ0v) is 24.2. The van der Waals surface area contributed by atoms with Crippen molar-refractivity contribution in [2.75, 3.05) is 6.54 Å². The topological polar surface area (TPSA) is 146 Å². The maximum absolute atomic E-state index is 14.3. The lowest BCUT2D eigenvalue weighted by atomic mass is 9.84. The number of ketones is 1. The normalized spacial score (nSPS) is 16.3. The van der Waals surface area contributed by atoms with Crippen molar-refractivity contribution >= 4 is 23.6 Å². The zero-order valence-electron chi connectivity index (χ0n) is 24.2. The molecule has 0 aromatic heterocycles. The second-order valence-corrected chi connectivity index (χ2v) is 11.5. The number of amides is 2. The van der Waals surface area contributed by atoms with E-state index in [0.717, 1.165) is 17.5 Å².